The summed E-state index contributed by atoms with van der Waals surface area (Å²) in [5.41, 5.74) is 0.168. The van der Waals surface area contributed by atoms with E-state index in [-0.39, 0.29) is 18.1 Å². The molecule has 0 spiro atoms. The van der Waals surface area contributed by atoms with Gasteiger partial charge in [0.25, 0.3) is 0 Å². The Labute approximate surface area is 79.7 Å². The number of rotatable bonds is 1. The molecule has 0 radical (unpaired) electrons. The van der Waals surface area contributed by atoms with Gasteiger partial charge in [0, 0.05) is 0 Å². The Hall–Kier alpha value is -0.120. The summed E-state index contributed by atoms with van der Waals surface area (Å²) in [4.78, 5) is 0. The lowest BCUT2D eigenvalue weighted by molar-refractivity contribution is -0.133. The highest BCUT2D eigenvalue weighted by atomic mass is 16.5. The van der Waals surface area contributed by atoms with E-state index in [2.05, 4.69) is 20.8 Å². The van der Waals surface area contributed by atoms with Gasteiger partial charge in [0.2, 0.25) is 0 Å². The molecule has 0 bridgehead atoms. The first-order valence-corrected chi connectivity index (χ1v) is 4.85. The van der Waals surface area contributed by atoms with Crippen molar-refractivity contribution < 1.29 is 14.9 Å². The van der Waals surface area contributed by atoms with Gasteiger partial charge < -0.3 is 14.9 Å². The second-order valence-corrected chi connectivity index (χ2v) is 4.92. The van der Waals surface area contributed by atoms with Gasteiger partial charge in [-0.2, -0.15) is 0 Å². The standard InChI is InChI=1S/C10H20O3/c1-10(2,3)7-4-8(12)9(5-11)13-6-7/h7-9,11-12H,4-6H2,1-3H3/t7?,8-,9+/m0/s1. The highest BCUT2D eigenvalue weighted by molar-refractivity contribution is 4.84. The number of hydrogen-bond acceptors (Lipinski definition) is 3. The molecule has 1 rings (SSSR count). The van der Waals surface area contributed by atoms with E-state index < -0.39 is 6.10 Å². The SMILES string of the molecule is CC(C)(C)C1CO[C@H](CO)[C@@H](O)C1. The second-order valence-electron chi connectivity index (χ2n) is 4.92. The van der Waals surface area contributed by atoms with E-state index >= 15 is 0 Å². The highest BCUT2D eigenvalue weighted by Crippen LogP contribution is 2.33. The van der Waals surface area contributed by atoms with Crippen molar-refractivity contribution in [3.8, 4) is 0 Å². The third kappa shape index (κ3) is 2.66. The van der Waals surface area contributed by atoms with Gasteiger partial charge in [-0.3, -0.25) is 0 Å². The summed E-state index contributed by atoms with van der Waals surface area (Å²) in [6, 6.07) is 0. The summed E-state index contributed by atoms with van der Waals surface area (Å²) in [7, 11) is 0. The lowest BCUT2D eigenvalue weighted by Gasteiger charge is -2.39. The van der Waals surface area contributed by atoms with Crippen LogP contribution in [0.5, 0.6) is 0 Å². The van der Waals surface area contributed by atoms with Crippen molar-refractivity contribution in [3.05, 3.63) is 0 Å². The van der Waals surface area contributed by atoms with E-state index in [4.69, 9.17) is 9.84 Å². The molecule has 1 aliphatic heterocycles. The molecular formula is C10H20O3. The summed E-state index contributed by atoms with van der Waals surface area (Å²) < 4.78 is 5.38. The topological polar surface area (TPSA) is 49.7 Å². The van der Waals surface area contributed by atoms with Crippen molar-refractivity contribution in [2.75, 3.05) is 13.2 Å². The molecule has 78 valence electrons. The molecule has 1 aliphatic rings. The predicted octanol–water partition coefficient (Wildman–Crippen LogP) is 0.791. The quantitative estimate of drug-likeness (QED) is 0.639. The van der Waals surface area contributed by atoms with E-state index in [1.165, 1.54) is 0 Å². The maximum absolute atomic E-state index is 9.62. The smallest absolute Gasteiger partial charge is 0.106 e. The van der Waals surface area contributed by atoms with Gasteiger partial charge in [0.15, 0.2) is 0 Å². The van der Waals surface area contributed by atoms with Crippen LogP contribution in [-0.4, -0.2) is 35.6 Å². The van der Waals surface area contributed by atoms with Crippen molar-refractivity contribution in [2.24, 2.45) is 11.3 Å². The van der Waals surface area contributed by atoms with Crippen molar-refractivity contribution in [3.63, 3.8) is 0 Å². The molecule has 0 aromatic heterocycles. The first-order chi connectivity index (χ1) is 5.95. The van der Waals surface area contributed by atoms with E-state index in [1.807, 2.05) is 0 Å². The van der Waals surface area contributed by atoms with E-state index in [9.17, 15) is 5.11 Å². The maximum atomic E-state index is 9.62. The van der Waals surface area contributed by atoms with E-state index in [1.54, 1.807) is 0 Å². The third-order valence-corrected chi connectivity index (χ3v) is 2.87. The fourth-order valence-electron chi connectivity index (χ4n) is 1.64. The van der Waals surface area contributed by atoms with Crippen LogP contribution in [0.25, 0.3) is 0 Å². The molecule has 0 amide bonds. The molecule has 3 heteroatoms. The van der Waals surface area contributed by atoms with Gasteiger partial charge in [0.05, 0.1) is 19.3 Å². The Morgan fingerprint density at radius 2 is 2.00 bits per heavy atom. The summed E-state index contributed by atoms with van der Waals surface area (Å²) in [5, 5.41) is 18.5. The summed E-state index contributed by atoms with van der Waals surface area (Å²) in [5.74, 6) is 0.380. The number of aliphatic hydroxyl groups excluding tert-OH is 2. The van der Waals surface area contributed by atoms with Gasteiger partial charge in [-0.25, -0.2) is 0 Å². The Kier molecular flexibility index (Phi) is 3.33. The molecule has 1 heterocycles. The fraction of sp³-hybridized carbons (Fsp3) is 1.00. The van der Waals surface area contributed by atoms with Crippen molar-refractivity contribution in [1.82, 2.24) is 0 Å². The minimum absolute atomic E-state index is 0.0853. The van der Waals surface area contributed by atoms with Crippen LogP contribution in [0.4, 0.5) is 0 Å². The molecule has 3 nitrogen and oxygen atoms in total. The lowest BCUT2D eigenvalue weighted by atomic mass is 9.76. The molecule has 0 saturated carbocycles. The van der Waals surface area contributed by atoms with Crippen LogP contribution in [0.15, 0.2) is 0 Å². The van der Waals surface area contributed by atoms with Crippen molar-refractivity contribution in [2.45, 2.75) is 39.4 Å². The summed E-state index contributed by atoms with van der Waals surface area (Å²) >= 11 is 0. The minimum Gasteiger partial charge on any atom is -0.394 e. The molecule has 1 saturated heterocycles. The Morgan fingerprint density at radius 1 is 1.38 bits per heavy atom. The Morgan fingerprint density at radius 3 is 2.38 bits per heavy atom. The zero-order valence-electron chi connectivity index (χ0n) is 8.66. The first-order valence-electron chi connectivity index (χ1n) is 4.85. The van der Waals surface area contributed by atoms with E-state index in [0.717, 1.165) is 6.42 Å². The normalized spacial score (nSPS) is 36.2. The van der Waals surface area contributed by atoms with Gasteiger partial charge in [-0.05, 0) is 17.8 Å². The number of hydrogen-bond donors (Lipinski definition) is 2. The third-order valence-electron chi connectivity index (χ3n) is 2.87. The Balaban J connectivity index is 2.51. The molecule has 2 N–H and O–H groups in total. The zero-order valence-corrected chi connectivity index (χ0v) is 8.66. The van der Waals surface area contributed by atoms with Crippen LogP contribution in [0.3, 0.4) is 0 Å². The molecule has 0 aromatic carbocycles. The van der Waals surface area contributed by atoms with Gasteiger partial charge >= 0.3 is 0 Å². The molecule has 3 atom stereocenters. The summed E-state index contributed by atoms with van der Waals surface area (Å²) in [6.45, 7) is 7.00. The fourth-order valence-corrected chi connectivity index (χ4v) is 1.64. The van der Waals surface area contributed by atoms with Crippen LogP contribution < -0.4 is 0 Å². The average Bonchev–Trinajstić information content (AvgIpc) is 2.02. The molecule has 1 unspecified atom stereocenters. The molecule has 13 heavy (non-hydrogen) atoms. The number of ether oxygens (including phenoxy) is 1. The molecule has 0 aliphatic carbocycles. The van der Waals surface area contributed by atoms with Crippen LogP contribution >= 0.6 is 0 Å². The largest absolute Gasteiger partial charge is 0.394 e. The van der Waals surface area contributed by atoms with Crippen LogP contribution in [-0.2, 0) is 4.74 Å². The van der Waals surface area contributed by atoms with Crippen molar-refractivity contribution in [1.29, 1.82) is 0 Å². The molecular weight excluding hydrogens is 168 g/mol. The number of aliphatic hydroxyl groups is 2. The van der Waals surface area contributed by atoms with Gasteiger partial charge in [-0.1, -0.05) is 20.8 Å². The summed E-state index contributed by atoms with van der Waals surface area (Å²) in [6.07, 6.45) is -0.157. The van der Waals surface area contributed by atoms with E-state index in [0.29, 0.717) is 12.5 Å². The van der Waals surface area contributed by atoms with Gasteiger partial charge in [-0.15, -0.1) is 0 Å². The Bertz CT molecular complexity index is 162. The van der Waals surface area contributed by atoms with Gasteiger partial charge in [0.1, 0.15) is 6.10 Å². The second kappa shape index (κ2) is 3.95. The maximum Gasteiger partial charge on any atom is 0.106 e. The zero-order chi connectivity index (χ0) is 10.1. The lowest BCUT2D eigenvalue weighted by Crippen LogP contribution is -2.44. The predicted molar refractivity (Wildman–Crippen MR) is 50.4 cm³/mol. The van der Waals surface area contributed by atoms with Crippen LogP contribution in [0.1, 0.15) is 27.2 Å². The van der Waals surface area contributed by atoms with Crippen molar-refractivity contribution >= 4 is 0 Å². The van der Waals surface area contributed by atoms with Crippen LogP contribution in [0, 0.1) is 11.3 Å². The average molecular weight is 188 g/mol. The minimum atomic E-state index is -0.511. The molecule has 1 fully saturated rings. The molecule has 0 aromatic rings. The highest BCUT2D eigenvalue weighted by Gasteiger charge is 2.35. The monoisotopic (exact) mass is 188 g/mol. The van der Waals surface area contributed by atoms with Crippen LogP contribution in [0.2, 0.25) is 0 Å². The first kappa shape index (κ1) is 11.0.